The van der Waals surface area contributed by atoms with E-state index in [0.717, 1.165) is 0 Å². The molecular weight excluding hydrogens is 232 g/mol. The van der Waals surface area contributed by atoms with Crippen LogP contribution in [0.1, 0.15) is 13.3 Å². The van der Waals surface area contributed by atoms with E-state index in [0.29, 0.717) is 6.42 Å². The number of hydrogen-bond donors (Lipinski definition) is 5. The Bertz CT molecular complexity index is 221. The first-order chi connectivity index (χ1) is 7.97. The molecule has 7 nitrogen and oxygen atoms in total. The number of aliphatic hydroxyl groups is 5. The Hall–Kier alpha value is -0.280. The van der Waals surface area contributed by atoms with Gasteiger partial charge in [0.05, 0.1) is 19.3 Å². The lowest BCUT2D eigenvalue weighted by atomic mass is 9.99. The van der Waals surface area contributed by atoms with Gasteiger partial charge in [-0.25, -0.2) is 0 Å². The number of aliphatic hydroxyl groups excluding tert-OH is 5. The second-order valence-electron chi connectivity index (χ2n) is 4.21. The first kappa shape index (κ1) is 14.8. The maximum Gasteiger partial charge on any atom is 0.186 e. The number of ether oxygens (including phenoxy) is 2. The van der Waals surface area contributed by atoms with E-state index in [2.05, 4.69) is 0 Å². The Morgan fingerprint density at radius 1 is 1.18 bits per heavy atom. The van der Waals surface area contributed by atoms with E-state index in [-0.39, 0.29) is 6.61 Å². The van der Waals surface area contributed by atoms with Gasteiger partial charge in [0.2, 0.25) is 0 Å². The third-order valence-corrected chi connectivity index (χ3v) is 2.67. The maximum absolute atomic E-state index is 9.58. The van der Waals surface area contributed by atoms with Crippen molar-refractivity contribution < 1.29 is 35.0 Å². The predicted octanol–water partition coefficient (Wildman–Crippen LogP) is -2.43. The van der Waals surface area contributed by atoms with Crippen molar-refractivity contribution >= 4 is 0 Å². The molecule has 1 rings (SSSR count). The topological polar surface area (TPSA) is 120 Å². The van der Waals surface area contributed by atoms with Gasteiger partial charge >= 0.3 is 0 Å². The Morgan fingerprint density at radius 3 is 2.35 bits per heavy atom. The lowest BCUT2D eigenvalue weighted by Gasteiger charge is -2.39. The van der Waals surface area contributed by atoms with E-state index < -0.39 is 43.4 Å². The smallest absolute Gasteiger partial charge is 0.186 e. The van der Waals surface area contributed by atoms with Gasteiger partial charge in [0.15, 0.2) is 6.29 Å². The molecule has 1 heterocycles. The summed E-state index contributed by atoms with van der Waals surface area (Å²) >= 11 is 0. The highest BCUT2D eigenvalue weighted by Crippen LogP contribution is 2.21. The highest BCUT2D eigenvalue weighted by atomic mass is 16.7. The second-order valence-corrected chi connectivity index (χ2v) is 4.21. The highest BCUT2D eigenvalue weighted by molar-refractivity contribution is 4.88. The molecule has 0 aromatic heterocycles. The van der Waals surface area contributed by atoms with E-state index in [1.54, 1.807) is 6.92 Å². The summed E-state index contributed by atoms with van der Waals surface area (Å²) in [6.45, 7) is 1.25. The minimum absolute atomic E-state index is 0.139. The Morgan fingerprint density at radius 2 is 1.82 bits per heavy atom. The van der Waals surface area contributed by atoms with Crippen molar-refractivity contribution in [3.05, 3.63) is 0 Å². The summed E-state index contributed by atoms with van der Waals surface area (Å²) in [4.78, 5) is 0. The fourth-order valence-corrected chi connectivity index (χ4v) is 1.56. The van der Waals surface area contributed by atoms with Crippen molar-refractivity contribution in [1.29, 1.82) is 0 Å². The van der Waals surface area contributed by atoms with Crippen LogP contribution in [0.5, 0.6) is 0 Å². The molecule has 5 N–H and O–H groups in total. The van der Waals surface area contributed by atoms with Crippen LogP contribution in [0.15, 0.2) is 0 Å². The van der Waals surface area contributed by atoms with Gasteiger partial charge in [-0.05, 0) is 13.3 Å². The SMILES string of the molecule is CC(O)CCO[C@@H]1O[C@H](CO)[C@H](O)[C@H](O)[C@H]1O. The van der Waals surface area contributed by atoms with E-state index >= 15 is 0 Å². The van der Waals surface area contributed by atoms with E-state index in [9.17, 15) is 15.3 Å². The summed E-state index contributed by atoms with van der Waals surface area (Å²) in [5.74, 6) is 0. The van der Waals surface area contributed by atoms with Crippen LogP contribution in [0.2, 0.25) is 0 Å². The van der Waals surface area contributed by atoms with Crippen LogP contribution in [0.3, 0.4) is 0 Å². The molecule has 0 aromatic rings. The molecule has 1 saturated heterocycles. The summed E-state index contributed by atoms with van der Waals surface area (Å²) in [6, 6.07) is 0. The molecule has 0 aliphatic carbocycles. The van der Waals surface area contributed by atoms with Crippen LogP contribution in [0.4, 0.5) is 0 Å². The molecule has 1 aliphatic rings. The first-order valence-corrected chi connectivity index (χ1v) is 5.57. The van der Waals surface area contributed by atoms with E-state index in [4.69, 9.17) is 19.7 Å². The van der Waals surface area contributed by atoms with Crippen molar-refractivity contribution in [2.75, 3.05) is 13.2 Å². The molecule has 1 aliphatic heterocycles. The molecule has 0 amide bonds. The van der Waals surface area contributed by atoms with Crippen LogP contribution >= 0.6 is 0 Å². The third-order valence-electron chi connectivity index (χ3n) is 2.67. The number of rotatable bonds is 5. The molecule has 0 spiro atoms. The molecule has 1 unspecified atom stereocenters. The Labute approximate surface area is 99.2 Å². The standard InChI is InChI=1S/C10H20O7/c1-5(12)2-3-16-10-9(15)8(14)7(13)6(4-11)17-10/h5-15H,2-4H2,1H3/t5?,6-,7+,8+,9-,10-/m1/s1. The summed E-state index contributed by atoms with van der Waals surface area (Å²) in [5, 5.41) is 46.5. The van der Waals surface area contributed by atoms with Crippen molar-refractivity contribution in [3.8, 4) is 0 Å². The lowest BCUT2D eigenvalue weighted by Crippen LogP contribution is -2.59. The molecular formula is C10H20O7. The van der Waals surface area contributed by atoms with Crippen molar-refractivity contribution in [1.82, 2.24) is 0 Å². The molecule has 17 heavy (non-hydrogen) atoms. The minimum Gasteiger partial charge on any atom is -0.394 e. The van der Waals surface area contributed by atoms with Crippen molar-refractivity contribution in [2.45, 2.75) is 50.2 Å². The molecule has 0 radical (unpaired) electrons. The summed E-state index contributed by atoms with van der Waals surface area (Å²) < 4.78 is 10.2. The Kier molecular flexibility index (Phi) is 5.74. The average molecular weight is 252 g/mol. The van der Waals surface area contributed by atoms with Crippen LogP contribution in [-0.2, 0) is 9.47 Å². The van der Waals surface area contributed by atoms with Gasteiger partial charge in [0.25, 0.3) is 0 Å². The third kappa shape index (κ3) is 3.85. The monoisotopic (exact) mass is 252 g/mol. The summed E-state index contributed by atoms with van der Waals surface area (Å²) in [6.07, 6.45) is -6.48. The fourth-order valence-electron chi connectivity index (χ4n) is 1.56. The number of hydrogen-bond acceptors (Lipinski definition) is 7. The van der Waals surface area contributed by atoms with Crippen LogP contribution < -0.4 is 0 Å². The molecule has 0 saturated carbocycles. The zero-order valence-electron chi connectivity index (χ0n) is 9.64. The van der Waals surface area contributed by atoms with Gasteiger partial charge in [-0.3, -0.25) is 0 Å². The summed E-state index contributed by atoms with van der Waals surface area (Å²) in [5.41, 5.74) is 0. The van der Waals surface area contributed by atoms with E-state index in [1.807, 2.05) is 0 Å². The molecule has 6 atom stereocenters. The van der Waals surface area contributed by atoms with E-state index in [1.165, 1.54) is 0 Å². The fraction of sp³-hybridized carbons (Fsp3) is 1.00. The van der Waals surface area contributed by atoms with Crippen molar-refractivity contribution in [2.24, 2.45) is 0 Å². The molecule has 0 bridgehead atoms. The van der Waals surface area contributed by atoms with Gasteiger partial charge in [0, 0.05) is 0 Å². The van der Waals surface area contributed by atoms with Gasteiger partial charge < -0.3 is 35.0 Å². The van der Waals surface area contributed by atoms with Gasteiger partial charge in [-0.2, -0.15) is 0 Å². The second kappa shape index (κ2) is 6.60. The highest BCUT2D eigenvalue weighted by Gasteiger charge is 2.43. The van der Waals surface area contributed by atoms with Gasteiger partial charge in [-0.1, -0.05) is 0 Å². The van der Waals surface area contributed by atoms with Gasteiger partial charge in [0.1, 0.15) is 24.4 Å². The maximum atomic E-state index is 9.58. The zero-order chi connectivity index (χ0) is 13.0. The first-order valence-electron chi connectivity index (χ1n) is 5.57. The normalized spacial score (nSPS) is 40.2. The molecule has 1 fully saturated rings. The minimum atomic E-state index is -1.43. The zero-order valence-corrected chi connectivity index (χ0v) is 9.64. The average Bonchev–Trinajstić information content (AvgIpc) is 2.29. The van der Waals surface area contributed by atoms with Gasteiger partial charge in [-0.15, -0.1) is 0 Å². The van der Waals surface area contributed by atoms with Crippen LogP contribution in [0, 0.1) is 0 Å². The lowest BCUT2D eigenvalue weighted by molar-refractivity contribution is -0.301. The van der Waals surface area contributed by atoms with Crippen LogP contribution in [0.25, 0.3) is 0 Å². The predicted molar refractivity (Wildman–Crippen MR) is 56.0 cm³/mol. The summed E-state index contributed by atoms with van der Waals surface area (Å²) in [7, 11) is 0. The largest absolute Gasteiger partial charge is 0.394 e. The molecule has 102 valence electrons. The molecule has 0 aromatic carbocycles. The van der Waals surface area contributed by atoms with Crippen LogP contribution in [-0.4, -0.2) is 75.6 Å². The molecule has 7 heteroatoms. The quantitative estimate of drug-likeness (QED) is 0.369. The van der Waals surface area contributed by atoms with Crippen molar-refractivity contribution in [3.63, 3.8) is 0 Å². The Balaban J connectivity index is 2.47.